The standard InChI is InChI=1S/C14H12ClNO4S/c1-20-14(17)11-8-13(21(2,18)19)10(7-12(11)15)9-3-5-16-6-4-9/h3-8H,1-2H3. The van der Waals surface area contributed by atoms with E-state index in [1.807, 2.05) is 0 Å². The maximum Gasteiger partial charge on any atom is 0.339 e. The van der Waals surface area contributed by atoms with Crippen LogP contribution in [-0.4, -0.2) is 32.7 Å². The highest BCUT2D eigenvalue weighted by atomic mass is 35.5. The van der Waals surface area contributed by atoms with Crippen LogP contribution in [0.15, 0.2) is 41.6 Å². The van der Waals surface area contributed by atoms with Gasteiger partial charge in [0.05, 0.1) is 22.6 Å². The monoisotopic (exact) mass is 325 g/mol. The largest absolute Gasteiger partial charge is 0.465 e. The molecule has 0 saturated carbocycles. The second-order valence-electron chi connectivity index (χ2n) is 4.33. The third-order valence-corrected chi connectivity index (χ3v) is 4.31. The molecule has 7 heteroatoms. The van der Waals surface area contributed by atoms with E-state index in [0.29, 0.717) is 11.1 Å². The Labute approximate surface area is 127 Å². The molecule has 0 fully saturated rings. The summed E-state index contributed by atoms with van der Waals surface area (Å²) in [5, 5.41) is 0.126. The van der Waals surface area contributed by atoms with Gasteiger partial charge < -0.3 is 4.74 Å². The van der Waals surface area contributed by atoms with E-state index < -0.39 is 15.8 Å². The summed E-state index contributed by atoms with van der Waals surface area (Å²) in [6.45, 7) is 0. The van der Waals surface area contributed by atoms with Crippen molar-refractivity contribution in [2.75, 3.05) is 13.4 Å². The number of carbonyl (C=O) groups is 1. The van der Waals surface area contributed by atoms with Gasteiger partial charge in [-0.25, -0.2) is 13.2 Å². The van der Waals surface area contributed by atoms with Crippen molar-refractivity contribution in [1.82, 2.24) is 4.98 Å². The molecule has 0 amide bonds. The number of carbonyl (C=O) groups excluding carboxylic acids is 1. The van der Waals surface area contributed by atoms with Gasteiger partial charge in [0.25, 0.3) is 0 Å². The van der Waals surface area contributed by atoms with Crippen LogP contribution in [0.5, 0.6) is 0 Å². The number of nitrogens with zero attached hydrogens (tertiary/aromatic N) is 1. The lowest BCUT2D eigenvalue weighted by atomic mass is 10.0. The average Bonchev–Trinajstić information content (AvgIpc) is 2.46. The summed E-state index contributed by atoms with van der Waals surface area (Å²) in [6, 6.07) is 6.01. The Morgan fingerprint density at radius 1 is 1.24 bits per heavy atom. The molecule has 0 atom stereocenters. The summed E-state index contributed by atoms with van der Waals surface area (Å²) in [5.41, 5.74) is 1.07. The summed E-state index contributed by atoms with van der Waals surface area (Å²) in [5.74, 6) is -0.689. The predicted molar refractivity (Wildman–Crippen MR) is 79.1 cm³/mol. The molecule has 0 radical (unpaired) electrons. The Kier molecular flexibility index (Phi) is 4.29. The van der Waals surface area contributed by atoms with Crippen molar-refractivity contribution in [3.63, 3.8) is 0 Å². The zero-order valence-corrected chi connectivity index (χ0v) is 12.9. The van der Waals surface area contributed by atoms with Crippen LogP contribution in [0.3, 0.4) is 0 Å². The number of rotatable bonds is 3. The lowest BCUT2D eigenvalue weighted by Gasteiger charge is -2.11. The topological polar surface area (TPSA) is 73.3 Å². The summed E-state index contributed by atoms with van der Waals surface area (Å²) in [4.78, 5) is 15.5. The van der Waals surface area contributed by atoms with Gasteiger partial charge in [-0.1, -0.05) is 11.6 Å². The van der Waals surface area contributed by atoms with Gasteiger partial charge in [-0.05, 0) is 29.8 Å². The zero-order chi connectivity index (χ0) is 15.6. The first-order valence-electron chi connectivity index (χ1n) is 5.87. The van der Waals surface area contributed by atoms with Crippen molar-refractivity contribution >= 4 is 27.4 Å². The highest BCUT2D eigenvalue weighted by Crippen LogP contribution is 2.32. The zero-order valence-electron chi connectivity index (χ0n) is 11.3. The summed E-state index contributed by atoms with van der Waals surface area (Å²) in [7, 11) is -2.35. The number of benzene rings is 1. The molecule has 0 aliphatic carbocycles. The SMILES string of the molecule is COC(=O)c1cc(S(C)(=O)=O)c(-c2ccncc2)cc1Cl. The molecule has 1 aromatic carbocycles. The molecule has 2 aromatic rings. The lowest BCUT2D eigenvalue weighted by molar-refractivity contribution is 0.0600. The molecule has 1 heterocycles. The molecular formula is C14H12ClNO4S. The van der Waals surface area contributed by atoms with Crippen molar-refractivity contribution in [3.05, 3.63) is 47.2 Å². The Morgan fingerprint density at radius 2 is 1.86 bits per heavy atom. The van der Waals surface area contributed by atoms with Crippen LogP contribution in [-0.2, 0) is 14.6 Å². The number of aromatic nitrogens is 1. The number of hydrogen-bond donors (Lipinski definition) is 0. The van der Waals surface area contributed by atoms with Crippen LogP contribution >= 0.6 is 11.6 Å². The fourth-order valence-corrected chi connectivity index (χ4v) is 3.03. The molecule has 0 saturated heterocycles. The van der Waals surface area contributed by atoms with Crippen LogP contribution in [0.1, 0.15) is 10.4 Å². The minimum Gasteiger partial charge on any atom is -0.465 e. The van der Waals surface area contributed by atoms with Gasteiger partial charge in [-0.2, -0.15) is 0 Å². The van der Waals surface area contributed by atoms with Crippen molar-refractivity contribution in [1.29, 1.82) is 0 Å². The van der Waals surface area contributed by atoms with E-state index >= 15 is 0 Å². The summed E-state index contributed by atoms with van der Waals surface area (Å²) < 4.78 is 28.6. The summed E-state index contributed by atoms with van der Waals surface area (Å²) in [6.07, 6.45) is 4.16. The molecule has 21 heavy (non-hydrogen) atoms. The Bertz CT molecular complexity index is 788. The first kappa shape index (κ1) is 15.5. The van der Waals surface area contributed by atoms with E-state index in [-0.39, 0.29) is 15.5 Å². The van der Waals surface area contributed by atoms with Crippen LogP contribution in [0.25, 0.3) is 11.1 Å². The Morgan fingerprint density at radius 3 is 2.38 bits per heavy atom. The van der Waals surface area contributed by atoms with Crippen LogP contribution in [0, 0.1) is 0 Å². The Balaban J connectivity index is 2.77. The van der Waals surface area contributed by atoms with Gasteiger partial charge in [-0.15, -0.1) is 0 Å². The second kappa shape index (κ2) is 5.83. The lowest BCUT2D eigenvalue weighted by Crippen LogP contribution is -2.07. The van der Waals surface area contributed by atoms with Gasteiger partial charge in [0.2, 0.25) is 0 Å². The van der Waals surface area contributed by atoms with E-state index in [4.69, 9.17) is 11.6 Å². The number of methoxy groups -OCH3 is 1. The minimum absolute atomic E-state index is 0.0115. The van der Waals surface area contributed by atoms with Crippen LogP contribution < -0.4 is 0 Å². The van der Waals surface area contributed by atoms with Gasteiger partial charge in [0, 0.05) is 24.2 Å². The van der Waals surface area contributed by atoms with Gasteiger partial charge in [0.15, 0.2) is 9.84 Å². The number of esters is 1. The van der Waals surface area contributed by atoms with Gasteiger partial charge >= 0.3 is 5.97 Å². The fourth-order valence-electron chi connectivity index (χ4n) is 1.88. The van der Waals surface area contributed by atoms with E-state index in [1.54, 1.807) is 24.5 Å². The highest BCUT2D eigenvalue weighted by molar-refractivity contribution is 7.90. The number of pyridine rings is 1. The Hall–Kier alpha value is -1.92. The first-order valence-corrected chi connectivity index (χ1v) is 8.14. The van der Waals surface area contributed by atoms with E-state index in [0.717, 1.165) is 6.26 Å². The number of halogens is 1. The second-order valence-corrected chi connectivity index (χ2v) is 6.72. The van der Waals surface area contributed by atoms with Gasteiger partial charge in [0.1, 0.15) is 0 Å². The number of ether oxygens (including phenoxy) is 1. The first-order chi connectivity index (χ1) is 9.84. The molecule has 0 spiro atoms. The minimum atomic E-state index is -3.55. The van der Waals surface area contributed by atoms with E-state index in [2.05, 4.69) is 9.72 Å². The predicted octanol–water partition coefficient (Wildman–Crippen LogP) is 2.59. The number of sulfone groups is 1. The molecule has 0 bridgehead atoms. The van der Waals surface area contributed by atoms with Crippen LogP contribution in [0.4, 0.5) is 0 Å². The quantitative estimate of drug-likeness (QED) is 0.811. The van der Waals surface area contributed by atoms with Crippen molar-refractivity contribution in [3.8, 4) is 11.1 Å². The molecular weight excluding hydrogens is 314 g/mol. The number of hydrogen-bond acceptors (Lipinski definition) is 5. The molecule has 5 nitrogen and oxygen atoms in total. The molecule has 0 unspecified atom stereocenters. The molecule has 0 aliphatic heterocycles. The molecule has 110 valence electrons. The van der Waals surface area contributed by atoms with E-state index in [9.17, 15) is 13.2 Å². The van der Waals surface area contributed by atoms with Gasteiger partial charge in [-0.3, -0.25) is 4.98 Å². The summed E-state index contributed by atoms with van der Waals surface area (Å²) >= 11 is 6.06. The maximum atomic E-state index is 12.0. The smallest absolute Gasteiger partial charge is 0.339 e. The van der Waals surface area contributed by atoms with Crippen molar-refractivity contribution < 1.29 is 17.9 Å². The third-order valence-electron chi connectivity index (χ3n) is 2.87. The molecule has 2 rings (SSSR count). The third kappa shape index (κ3) is 3.22. The molecule has 1 aromatic heterocycles. The average molecular weight is 326 g/mol. The highest BCUT2D eigenvalue weighted by Gasteiger charge is 2.21. The molecule has 0 aliphatic rings. The fraction of sp³-hybridized carbons (Fsp3) is 0.143. The van der Waals surface area contributed by atoms with Crippen molar-refractivity contribution in [2.24, 2.45) is 0 Å². The normalized spacial score (nSPS) is 11.2. The van der Waals surface area contributed by atoms with E-state index in [1.165, 1.54) is 19.2 Å². The van der Waals surface area contributed by atoms with Crippen molar-refractivity contribution in [2.45, 2.75) is 4.90 Å². The molecule has 0 N–H and O–H groups in total. The van der Waals surface area contributed by atoms with Crippen LogP contribution in [0.2, 0.25) is 5.02 Å². The maximum absolute atomic E-state index is 12.0.